The highest BCUT2D eigenvalue weighted by Gasteiger charge is 2.45. The molecule has 0 aliphatic heterocycles. The van der Waals surface area contributed by atoms with Gasteiger partial charge < -0.3 is 14.8 Å². The first kappa shape index (κ1) is 35.8. The molecule has 0 saturated carbocycles. The van der Waals surface area contributed by atoms with Gasteiger partial charge >= 0.3 is 24.7 Å². The fraction of sp³-hybridized carbons (Fsp3) is 0.212. The van der Waals surface area contributed by atoms with Gasteiger partial charge in [0.15, 0.2) is 11.6 Å². The lowest BCUT2D eigenvalue weighted by Crippen LogP contribution is -2.49. The third-order valence-corrected chi connectivity index (χ3v) is 6.98. The monoisotopic (exact) mass is 687 g/mol. The Morgan fingerprint density at radius 3 is 2.08 bits per heavy atom. The van der Waals surface area contributed by atoms with Gasteiger partial charge in [0, 0.05) is 24.5 Å². The lowest BCUT2D eigenvalue weighted by Gasteiger charge is -2.37. The Hall–Kier alpha value is -5.08. The first-order valence-electron chi connectivity index (χ1n) is 13.8. The topological polar surface area (TPSA) is 64.6 Å². The molecule has 1 N–H and O–H groups in total. The molecule has 0 aromatic heterocycles. The summed E-state index contributed by atoms with van der Waals surface area (Å²) in [5.41, 5.74) is -5.29. The maximum atomic E-state index is 15.1. The maximum Gasteiger partial charge on any atom is 0.461 e. The maximum absolute atomic E-state index is 15.1. The minimum absolute atomic E-state index is 0.195. The van der Waals surface area contributed by atoms with E-state index >= 15 is 4.39 Å². The summed E-state index contributed by atoms with van der Waals surface area (Å²) in [5, 5.41) is 2.43. The largest absolute Gasteiger partial charge is 0.461 e. The van der Waals surface area contributed by atoms with Crippen molar-refractivity contribution in [2.75, 3.05) is 0 Å². The van der Waals surface area contributed by atoms with Crippen LogP contribution in [0.5, 0.6) is 11.5 Å². The number of carbonyl (C=O) groups is 2. The molecule has 4 aromatic carbocycles. The smallest absolute Gasteiger partial charge is 0.428 e. The fourth-order valence-electron chi connectivity index (χ4n) is 4.72. The molecule has 1 amide bonds. The van der Waals surface area contributed by atoms with Crippen molar-refractivity contribution in [2.45, 2.75) is 44.0 Å². The normalized spacial score (nSPS) is 13.2. The van der Waals surface area contributed by atoms with Crippen molar-refractivity contribution in [3.05, 3.63) is 130 Å². The molecule has 48 heavy (non-hydrogen) atoms. The van der Waals surface area contributed by atoms with E-state index < -0.39 is 88.2 Å². The molecule has 0 aliphatic carbocycles. The predicted molar refractivity (Wildman–Crippen MR) is 150 cm³/mol. The Labute approximate surface area is 266 Å². The summed E-state index contributed by atoms with van der Waals surface area (Å²) < 4.78 is 148. The van der Waals surface area contributed by atoms with Gasteiger partial charge in [0.25, 0.3) is 5.91 Å². The molecular weight excluding hydrogens is 664 g/mol. The molecule has 0 heterocycles. The second-order valence-corrected chi connectivity index (χ2v) is 10.3. The summed E-state index contributed by atoms with van der Waals surface area (Å²) in [4.78, 5) is 25.8. The van der Waals surface area contributed by atoms with E-state index in [-0.39, 0.29) is 18.1 Å². The van der Waals surface area contributed by atoms with Crippen molar-refractivity contribution < 1.29 is 63.0 Å². The Morgan fingerprint density at radius 2 is 1.46 bits per heavy atom. The van der Waals surface area contributed by atoms with Gasteiger partial charge in [0.1, 0.15) is 17.4 Å². The highest BCUT2D eigenvalue weighted by molar-refractivity contribution is 5.95. The average Bonchev–Trinajstić information content (AvgIpc) is 3.01. The number of ether oxygens (including phenoxy) is 2. The van der Waals surface area contributed by atoms with Crippen LogP contribution in [0.1, 0.15) is 46.0 Å². The summed E-state index contributed by atoms with van der Waals surface area (Å²) >= 11 is 0. The van der Waals surface area contributed by atoms with Crippen LogP contribution < -0.4 is 14.8 Å². The van der Waals surface area contributed by atoms with Crippen molar-refractivity contribution >= 4 is 11.9 Å². The first-order valence-corrected chi connectivity index (χ1v) is 13.8. The third-order valence-electron chi connectivity index (χ3n) is 6.98. The Balaban J connectivity index is 2.03. The van der Waals surface area contributed by atoms with Gasteiger partial charge in [0.2, 0.25) is 0 Å². The molecule has 0 fully saturated rings. The quantitative estimate of drug-likeness (QED) is 0.0975. The Morgan fingerprint density at radius 1 is 0.792 bits per heavy atom. The highest BCUT2D eigenvalue weighted by Crippen LogP contribution is 2.40. The van der Waals surface area contributed by atoms with E-state index in [0.29, 0.717) is 35.9 Å². The summed E-state index contributed by atoms with van der Waals surface area (Å²) in [6, 6.07) is 13.3. The number of benzene rings is 4. The zero-order valence-corrected chi connectivity index (χ0v) is 24.5. The SMILES string of the molecule is CCC(=O)Oc1cc(C(Cc2ccccc2)(NC(=O)c2ccc(F)c(C(F)(F)F)c2)c2cc(F)cc(OC(F)(F)C(F)F)c2)ccc1F. The van der Waals surface area contributed by atoms with E-state index in [9.17, 15) is 49.1 Å². The summed E-state index contributed by atoms with van der Waals surface area (Å²) in [7, 11) is 0. The van der Waals surface area contributed by atoms with E-state index in [4.69, 9.17) is 4.74 Å². The molecular formula is C33H23F10NO4. The zero-order chi connectivity index (χ0) is 35.4. The minimum atomic E-state index is -5.23. The molecule has 0 spiro atoms. The van der Waals surface area contributed by atoms with E-state index in [2.05, 4.69) is 10.1 Å². The van der Waals surface area contributed by atoms with E-state index in [1.54, 1.807) is 6.07 Å². The number of alkyl halides is 7. The number of hydrogen-bond donors (Lipinski definition) is 1. The van der Waals surface area contributed by atoms with Crippen molar-refractivity contribution in [3.63, 3.8) is 0 Å². The molecule has 1 unspecified atom stereocenters. The van der Waals surface area contributed by atoms with Gasteiger partial charge in [-0.2, -0.15) is 30.7 Å². The van der Waals surface area contributed by atoms with Gasteiger partial charge in [-0.25, -0.2) is 13.2 Å². The average molecular weight is 688 g/mol. The van der Waals surface area contributed by atoms with Crippen molar-refractivity contribution in [3.8, 4) is 11.5 Å². The van der Waals surface area contributed by atoms with E-state index in [0.717, 1.165) is 18.2 Å². The number of halogens is 10. The molecule has 5 nitrogen and oxygen atoms in total. The standard InChI is InChI=1S/C33H23F10NO4/c1-2-28(45)47-27-15-20(9-11-26(27)36)31(17-18-6-4-3-5-7-18,21-13-22(34)16-23(14-21)48-33(42,43)30(37)38)44-29(46)19-8-10-25(35)24(12-19)32(39,40)41/h3-16,30H,2,17H2,1H3,(H,44,46). The molecule has 1 atom stereocenters. The van der Waals surface area contributed by atoms with Crippen LogP contribution in [-0.2, 0) is 22.9 Å². The van der Waals surface area contributed by atoms with Crippen molar-refractivity contribution in [1.29, 1.82) is 0 Å². The van der Waals surface area contributed by atoms with Crippen LogP contribution in [0.15, 0.2) is 84.9 Å². The van der Waals surface area contributed by atoms with E-state index in [1.807, 2.05) is 0 Å². The van der Waals surface area contributed by atoms with Crippen LogP contribution in [-0.4, -0.2) is 24.4 Å². The van der Waals surface area contributed by atoms with Crippen LogP contribution in [0, 0.1) is 17.5 Å². The van der Waals surface area contributed by atoms with Crippen molar-refractivity contribution in [2.24, 2.45) is 0 Å². The highest BCUT2D eigenvalue weighted by atomic mass is 19.4. The second-order valence-electron chi connectivity index (χ2n) is 10.3. The van der Waals surface area contributed by atoms with Crippen LogP contribution in [0.2, 0.25) is 0 Å². The number of esters is 1. The third kappa shape index (κ3) is 8.06. The van der Waals surface area contributed by atoms with E-state index in [1.165, 1.54) is 31.2 Å². The number of rotatable bonds is 11. The molecule has 4 rings (SSSR count). The van der Waals surface area contributed by atoms with Crippen LogP contribution in [0.4, 0.5) is 43.9 Å². The molecule has 4 aromatic rings. The summed E-state index contributed by atoms with van der Waals surface area (Å²) in [6.45, 7) is 1.39. The van der Waals surface area contributed by atoms with Gasteiger partial charge in [-0.05, 0) is 59.2 Å². The minimum Gasteiger partial charge on any atom is -0.428 e. The van der Waals surface area contributed by atoms with Gasteiger partial charge in [-0.15, -0.1) is 0 Å². The fourth-order valence-corrected chi connectivity index (χ4v) is 4.72. The lowest BCUT2D eigenvalue weighted by atomic mass is 9.77. The summed E-state index contributed by atoms with van der Waals surface area (Å²) in [5.74, 6) is -8.26. The van der Waals surface area contributed by atoms with Crippen molar-refractivity contribution in [1.82, 2.24) is 5.32 Å². The summed E-state index contributed by atoms with van der Waals surface area (Å²) in [6.07, 6.45) is -15.4. The van der Waals surface area contributed by atoms with Gasteiger partial charge in [0.05, 0.1) is 11.1 Å². The van der Waals surface area contributed by atoms with Gasteiger partial charge in [-0.3, -0.25) is 9.59 Å². The number of carbonyl (C=O) groups excluding carboxylic acids is 2. The molecule has 0 radical (unpaired) electrons. The first-order chi connectivity index (χ1) is 22.4. The number of hydrogen-bond acceptors (Lipinski definition) is 4. The predicted octanol–water partition coefficient (Wildman–Crippen LogP) is 8.59. The molecule has 0 bridgehead atoms. The Bertz CT molecular complexity index is 1800. The molecule has 254 valence electrons. The van der Waals surface area contributed by atoms with Crippen LogP contribution >= 0.6 is 0 Å². The number of nitrogens with one attached hydrogen (secondary N) is 1. The van der Waals surface area contributed by atoms with Crippen LogP contribution in [0.3, 0.4) is 0 Å². The van der Waals surface area contributed by atoms with Gasteiger partial charge in [-0.1, -0.05) is 43.3 Å². The van der Waals surface area contributed by atoms with Crippen LogP contribution in [0.25, 0.3) is 0 Å². The number of amides is 1. The lowest BCUT2D eigenvalue weighted by molar-refractivity contribution is -0.253. The molecule has 0 saturated heterocycles. The zero-order valence-electron chi connectivity index (χ0n) is 24.5. The molecule has 15 heteroatoms. The molecule has 0 aliphatic rings. The Kier molecular flexibility index (Phi) is 10.4. The second kappa shape index (κ2) is 14.0.